The Labute approximate surface area is 108 Å². The maximum Gasteiger partial charge on any atom is 2.00 e. The molecule has 1 atom stereocenters. The van der Waals surface area contributed by atoms with Crippen LogP contribution in [0.25, 0.3) is 0 Å². The van der Waals surface area contributed by atoms with Crippen molar-refractivity contribution in [3.05, 3.63) is 0 Å². The summed E-state index contributed by atoms with van der Waals surface area (Å²) < 4.78 is 0. The van der Waals surface area contributed by atoms with E-state index in [1.165, 1.54) is 0 Å². The third-order valence-corrected chi connectivity index (χ3v) is 1.64. The molecule has 60 valence electrons. The Kier molecular flexibility index (Phi) is 12.1. The minimum Gasteiger partial charge on any atom is -1.00 e. The minimum atomic E-state index is 0. The van der Waals surface area contributed by atoms with Crippen LogP contribution in [0.2, 0.25) is 0 Å². The summed E-state index contributed by atoms with van der Waals surface area (Å²) in [4.78, 5) is 0. The average Bonchev–Trinajstić information content (AvgIpc) is 1.82. The van der Waals surface area contributed by atoms with E-state index in [4.69, 9.17) is 5.11 Å². The van der Waals surface area contributed by atoms with E-state index in [0.29, 0.717) is 12.5 Å². The summed E-state index contributed by atoms with van der Waals surface area (Å²) >= 11 is 0. The molecule has 1 nitrogen and oxygen atoms in total. The molecule has 2 heteroatoms. The molecule has 0 aromatic rings. The standard InChI is InChI=1S/C8H18O.Ba.2H/c1-4-8(6-9)5-7(2)3;;;/h7-9H,4-6H2,1-3H3;;;/q;+2;2*-1. The quantitative estimate of drug-likeness (QED) is 0.773. The second-order valence-electron chi connectivity index (χ2n) is 3.09. The van der Waals surface area contributed by atoms with Gasteiger partial charge in [0.2, 0.25) is 0 Å². The van der Waals surface area contributed by atoms with E-state index in [1.54, 1.807) is 0 Å². The Hall–Kier alpha value is 1.53. The van der Waals surface area contributed by atoms with E-state index >= 15 is 0 Å². The van der Waals surface area contributed by atoms with Gasteiger partial charge in [-0.25, -0.2) is 0 Å². The topological polar surface area (TPSA) is 20.2 Å². The van der Waals surface area contributed by atoms with Crippen LogP contribution in [0.4, 0.5) is 0 Å². The maximum atomic E-state index is 8.77. The number of aliphatic hydroxyl groups excluding tert-OH is 1. The zero-order valence-electron chi connectivity index (χ0n) is 9.43. The second kappa shape index (κ2) is 8.63. The van der Waals surface area contributed by atoms with Gasteiger partial charge >= 0.3 is 48.9 Å². The van der Waals surface area contributed by atoms with Gasteiger partial charge in [0.05, 0.1) is 0 Å². The smallest absolute Gasteiger partial charge is 1.00 e. The predicted octanol–water partition coefficient (Wildman–Crippen LogP) is 1.90. The summed E-state index contributed by atoms with van der Waals surface area (Å²) in [5.74, 6) is 1.26. The van der Waals surface area contributed by atoms with Crippen molar-refractivity contribution >= 4 is 48.9 Å². The molecular formula is C8H20BaO. The van der Waals surface area contributed by atoms with Crippen LogP contribution < -0.4 is 0 Å². The molecule has 0 aliphatic carbocycles. The van der Waals surface area contributed by atoms with E-state index in [1.807, 2.05) is 0 Å². The molecule has 1 unspecified atom stereocenters. The number of rotatable bonds is 4. The zero-order valence-corrected chi connectivity index (χ0v) is 11.9. The zero-order chi connectivity index (χ0) is 7.28. The van der Waals surface area contributed by atoms with E-state index in [-0.39, 0.29) is 51.7 Å². The largest absolute Gasteiger partial charge is 2.00 e. The van der Waals surface area contributed by atoms with Gasteiger partial charge in [0.25, 0.3) is 0 Å². The van der Waals surface area contributed by atoms with Crippen molar-refractivity contribution in [3.8, 4) is 0 Å². The SMILES string of the molecule is CCC(CO)CC(C)C.[Ba+2].[H-].[H-]. The molecule has 0 aromatic heterocycles. The van der Waals surface area contributed by atoms with Crippen molar-refractivity contribution in [2.24, 2.45) is 11.8 Å². The molecule has 0 aliphatic rings. The summed E-state index contributed by atoms with van der Waals surface area (Å²) in [6, 6.07) is 0. The molecular weight excluding hydrogens is 249 g/mol. The molecule has 1 N–H and O–H groups in total. The van der Waals surface area contributed by atoms with E-state index < -0.39 is 0 Å². The molecule has 10 heavy (non-hydrogen) atoms. The van der Waals surface area contributed by atoms with Crippen LogP contribution in [0, 0.1) is 11.8 Å². The molecule has 0 spiro atoms. The third-order valence-electron chi connectivity index (χ3n) is 1.64. The van der Waals surface area contributed by atoms with Gasteiger partial charge in [-0.3, -0.25) is 0 Å². The number of hydrogen-bond acceptors (Lipinski definition) is 1. The molecule has 0 saturated carbocycles. The first-order valence-corrected chi connectivity index (χ1v) is 3.81. The minimum absolute atomic E-state index is 0. The van der Waals surface area contributed by atoms with Gasteiger partial charge in [-0.05, 0) is 18.3 Å². The predicted molar refractivity (Wildman–Crippen MR) is 48.3 cm³/mol. The summed E-state index contributed by atoms with van der Waals surface area (Å²) in [7, 11) is 0. The Morgan fingerprint density at radius 1 is 1.40 bits per heavy atom. The van der Waals surface area contributed by atoms with Gasteiger partial charge in [0.15, 0.2) is 0 Å². The van der Waals surface area contributed by atoms with Crippen LogP contribution in [-0.2, 0) is 0 Å². The first-order chi connectivity index (χ1) is 4.20. The molecule has 0 fully saturated rings. The summed E-state index contributed by atoms with van der Waals surface area (Å²) in [6.45, 7) is 6.87. The van der Waals surface area contributed by atoms with Gasteiger partial charge in [-0.15, -0.1) is 0 Å². The van der Waals surface area contributed by atoms with Crippen LogP contribution in [0.3, 0.4) is 0 Å². The molecule has 0 saturated heterocycles. The fourth-order valence-electron chi connectivity index (χ4n) is 1.04. The fraction of sp³-hybridized carbons (Fsp3) is 1.00. The van der Waals surface area contributed by atoms with Crippen LogP contribution >= 0.6 is 0 Å². The summed E-state index contributed by atoms with van der Waals surface area (Å²) in [5.41, 5.74) is 0. The first kappa shape index (κ1) is 14.1. The molecule has 0 heterocycles. The van der Waals surface area contributed by atoms with Crippen molar-refractivity contribution < 1.29 is 7.96 Å². The van der Waals surface area contributed by atoms with Gasteiger partial charge in [-0.2, -0.15) is 0 Å². The van der Waals surface area contributed by atoms with Gasteiger partial charge < -0.3 is 7.96 Å². The van der Waals surface area contributed by atoms with Crippen LogP contribution in [0.1, 0.15) is 36.5 Å². The fourth-order valence-corrected chi connectivity index (χ4v) is 1.04. The van der Waals surface area contributed by atoms with Crippen LogP contribution in [0.5, 0.6) is 0 Å². The summed E-state index contributed by atoms with van der Waals surface area (Å²) in [5, 5.41) is 8.77. The molecule has 0 rings (SSSR count). The van der Waals surface area contributed by atoms with E-state index in [2.05, 4.69) is 20.8 Å². The van der Waals surface area contributed by atoms with Crippen molar-refractivity contribution in [3.63, 3.8) is 0 Å². The number of aliphatic hydroxyl groups is 1. The molecule has 0 radical (unpaired) electrons. The first-order valence-electron chi connectivity index (χ1n) is 3.81. The maximum absolute atomic E-state index is 8.77. The molecule has 0 amide bonds. The van der Waals surface area contributed by atoms with Gasteiger partial charge in [0.1, 0.15) is 0 Å². The second-order valence-corrected chi connectivity index (χ2v) is 3.09. The Morgan fingerprint density at radius 3 is 2.00 bits per heavy atom. The summed E-state index contributed by atoms with van der Waals surface area (Å²) in [6.07, 6.45) is 2.27. The number of hydrogen-bond donors (Lipinski definition) is 1. The van der Waals surface area contributed by atoms with Crippen molar-refractivity contribution in [2.75, 3.05) is 6.61 Å². The molecule has 0 bridgehead atoms. The normalized spacial score (nSPS) is 12.9. The van der Waals surface area contributed by atoms with E-state index in [9.17, 15) is 0 Å². The van der Waals surface area contributed by atoms with Crippen LogP contribution in [-0.4, -0.2) is 60.6 Å². The Bertz CT molecular complexity index is 68.1. The Morgan fingerprint density at radius 2 is 1.90 bits per heavy atom. The van der Waals surface area contributed by atoms with Crippen molar-refractivity contribution in [2.45, 2.75) is 33.6 Å². The monoisotopic (exact) mass is 270 g/mol. The van der Waals surface area contributed by atoms with E-state index in [0.717, 1.165) is 18.8 Å². The van der Waals surface area contributed by atoms with Crippen molar-refractivity contribution in [1.82, 2.24) is 0 Å². The molecule has 0 aliphatic heterocycles. The van der Waals surface area contributed by atoms with Crippen molar-refractivity contribution in [1.29, 1.82) is 0 Å². The van der Waals surface area contributed by atoms with Crippen LogP contribution in [0.15, 0.2) is 0 Å². The average molecular weight is 270 g/mol. The van der Waals surface area contributed by atoms with Gasteiger partial charge in [0, 0.05) is 6.61 Å². The molecule has 0 aromatic carbocycles. The van der Waals surface area contributed by atoms with Gasteiger partial charge in [-0.1, -0.05) is 27.2 Å². The Balaban J connectivity index is -0.000000107. The third kappa shape index (κ3) is 7.64.